The molecule has 0 aliphatic heterocycles. The van der Waals surface area contributed by atoms with Gasteiger partial charge in [0.2, 0.25) is 0 Å². The van der Waals surface area contributed by atoms with E-state index in [-0.39, 0.29) is 0 Å². The lowest BCUT2D eigenvalue weighted by molar-refractivity contribution is 0.673. The molecule has 3 aromatic heterocycles. The Morgan fingerprint density at radius 3 is 1.49 bits per heavy atom. The summed E-state index contributed by atoms with van der Waals surface area (Å²) in [4.78, 5) is 0. The number of benzene rings is 8. The number of rotatable bonds is 5. The van der Waals surface area contributed by atoms with Gasteiger partial charge in [0.1, 0.15) is 11.1 Å². The molecule has 0 aliphatic rings. The van der Waals surface area contributed by atoms with Crippen molar-refractivity contribution >= 4 is 54.8 Å². The Labute approximate surface area is 306 Å². The van der Waals surface area contributed by atoms with E-state index >= 15 is 0 Å². The fraction of sp³-hybridized carbons (Fsp3) is 0. The zero-order valence-electron chi connectivity index (χ0n) is 28.8. The van der Waals surface area contributed by atoms with Gasteiger partial charge in [-0.25, -0.2) is 0 Å². The average molecular weight is 677 g/mol. The molecule has 0 unspecified atom stereocenters. The summed E-state index contributed by atoms with van der Waals surface area (Å²) in [7, 11) is 0. The summed E-state index contributed by atoms with van der Waals surface area (Å²) in [5.74, 6) is 0. The molecule has 248 valence electrons. The van der Waals surface area contributed by atoms with Crippen LogP contribution in [-0.2, 0) is 0 Å². The predicted octanol–water partition coefficient (Wildman–Crippen LogP) is 13.6. The summed E-state index contributed by atoms with van der Waals surface area (Å²) in [5.41, 5.74) is 15.9. The van der Waals surface area contributed by atoms with Gasteiger partial charge in [0.25, 0.3) is 0 Å². The van der Waals surface area contributed by atoms with Crippen molar-refractivity contribution in [3.05, 3.63) is 194 Å². The van der Waals surface area contributed by atoms with E-state index in [2.05, 4.69) is 191 Å². The maximum Gasteiger partial charge on any atom is 0.161 e. The van der Waals surface area contributed by atoms with Crippen molar-refractivity contribution in [1.29, 1.82) is 0 Å². The van der Waals surface area contributed by atoms with Gasteiger partial charge in [-0.15, -0.1) is 0 Å². The van der Waals surface area contributed by atoms with Crippen molar-refractivity contribution in [2.45, 2.75) is 0 Å². The van der Waals surface area contributed by atoms with Gasteiger partial charge in [0.15, 0.2) is 5.58 Å². The lowest BCUT2D eigenvalue weighted by Gasteiger charge is -2.12. The summed E-state index contributed by atoms with van der Waals surface area (Å²) in [6.07, 6.45) is 0. The number of furan rings is 1. The molecule has 11 rings (SSSR count). The van der Waals surface area contributed by atoms with Crippen LogP contribution in [0.2, 0.25) is 0 Å². The van der Waals surface area contributed by atoms with E-state index in [9.17, 15) is 0 Å². The van der Waals surface area contributed by atoms with Crippen LogP contribution < -0.4 is 0 Å². The molecule has 0 aliphatic carbocycles. The molecule has 0 radical (unpaired) electrons. The Kier molecular flexibility index (Phi) is 6.55. The monoisotopic (exact) mass is 676 g/mol. The highest BCUT2D eigenvalue weighted by atomic mass is 16.3. The van der Waals surface area contributed by atoms with Gasteiger partial charge in [0, 0.05) is 32.9 Å². The molecular formula is C50H32N2O. The third kappa shape index (κ3) is 4.68. The van der Waals surface area contributed by atoms with Gasteiger partial charge in [-0.3, -0.25) is 0 Å². The maximum absolute atomic E-state index is 6.41. The number of hydrogen-bond donors (Lipinski definition) is 0. The smallest absolute Gasteiger partial charge is 0.161 e. The SMILES string of the molecule is c1ccc(-c2ccc3c(c2)c2cc(-c4ccccc4)ccc2n3-c2cccc(-c3ccc(-n4c5ccccc5c5oc6ccccc6c54)cc3)c2)cc1. The fourth-order valence-electron chi connectivity index (χ4n) is 8.23. The van der Waals surface area contributed by atoms with Gasteiger partial charge >= 0.3 is 0 Å². The molecule has 8 aromatic carbocycles. The largest absolute Gasteiger partial charge is 0.454 e. The van der Waals surface area contributed by atoms with Crippen molar-refractivity contribution in [2.24, 2.45) is 0 Å². The third-order valence-corrected chi connectivity index (χ3v) is 10.7. The van der Waals surface area contributed by atoms with Crippen LogP contribution in [0, 0.1) is 0 Å². The van der Waals surface area contributed by atoms with E-state index in [0.717, 1.165) is 44.3 Å². The molecule has 11 aromatic rings. The van der Waals surface area contributed by atoms with Gasteiger partial charge in [-0.1, -0.05) is 121 Å². The first-order valence-corrected chi connectivity index (χ1v) is 18.1. The van der Waals surface area contributed by atoms with Crippen LogP contribution >= 0.6 is 0 Å². The van der Waals surface area contributed by atoms with E-state index in [1.807, 2.05) is 12.1 Å². The molecule has 0 fully saturated rings. The Balaban J connectivity index is 1.05. The first-order chi connectivity index (χ1) is 26.3. The molecule has 0 saturated heterocycles. The van der Waals surface area contributed by atoms with Gasteiger partial charge in [0.05, 0.1) is 16.6 Å². The topological polar surface area (TPSA) is 23.0 Å². The molecule has 0 bridgehead atoms. The van der Waals surface area contributed by atoms with E-state index in [1.165, 1.54) is 55.2 Å². The van der Waals surface area contributed by atoms with Crippen molar-refractivity contribution in [3.63, 3.8) is 0 Å². The van der Waals surface area contributed by atoms with Crippen LogP contribution in [0.1, 0.15) is 0 Å². The lowest BCUT2D eigenvalue weighted by Crippen LogP contribution is -1.95. The minimum absolute atomic E-state index is 0.906. The molecule has 0 amide bonds. The third-order valence-electron chi connectivity index (χ3n) is 10.7. The summed E-state index contributed by atoms with van der Waals surface area (Å²) >= 11 is 0. The Morgan fingerprint density at radius 2 is 0.811 bits per heavy atom. The van der Waals surface area contributed by atoms with Gasteiger partial charge in [-0.2, -0.15) is 0 Å². The molecule has 0 atom stereocenters. The van der Waals surface area contributed by atoms with Gasteiger partial charge in [-0.05, 0) is 106 Å². The number of nitrogens with zero attached hydrogens (tertiary/aromatic N) is 2. The quantitative estimate of drug-likeness (QED) is 0.178. The highest BCUT2D eigenvalue weighted by molar-refractivity contribution is 6.16. The highest BCUT2D eigenvalue weighted by Crippen LogP contribution is 2.40. The minimum Gasteiger partial charge on any atom is -0.454 e. The van der Waals surface area contributed by atoms with Crippen LogP contribution in [-0.4, -0.2) is 9.13 Å². The van der Waals surface area contributed by atoms with Crippen molar-refractivity contribution in [2.75, 3.05) is 0 Å². The summed E-state index contributed by atoms with van der Waals surface area (Å²) in [6.45, 7) is 0. The second-order valence-electron chi connectivity index (χ2n) is 13.8. The fourth-order valence-corrected chi connectivity index (χ4v) is 8.23. The Bertz CT molecular complexity index is 3040. The Morgan fingerprint density at radius 1 is 0.302 bits per heavy atom. The number of aromatic nitrogens is 2. The first kappa shape index (κ1) is 29.6. The van der Waals surface area contributed by atoms with E-state index < -0.39 is 0 Å². The van der Waals surface area contributed by atoms with Crippen LogP contribution in [0.3, 0.4) is 0 Å². The summed E-state index contributed by atoms with van der Waals surface area (Å²) in [6, 6.07) is 69.7. The molecule has 3 nitrogen and oxygen atoms in total. The average Bonchev–Trinajstić information content (AvgIpc) is 3.88. The maximum atomic E-state index is 6.41. The van der Waals surface area contributed by atoms with Crippen LogP contribution in [0.4, 0.5) is 0 Å². The first-order valence-electron chi connectivity index (χ1n) is 18.1. The minimum atomic E-state index is 0.906. The number of para-hydroxylation sites is 2. The summed E-state index contributed by atoms with van der Waals surface area (Å²) < 4.78 is 11.2. The van der Waals surface area contributed by atoms with Crippen LogP contribution in [0.5, 0.6) is 0 Å². The molecule has 0 spiro atoms. The summed E-state index contributed by atoms with van der Waals surface area (Å²) in [5, 5.41) is 4.72. The van der Waals surface area contributed by atoms with Crippen molar-refractivity contribution < 1.29 is 4.42 Å². The molecule has 3 heterocycles. The predicted molar refractivity (Wildman–Crippen MR) is 221 cm³/mol. The zero-order chi connectivity index (χ0) is 34.9. The molecular weight excluding hydrogens is 645 g/mol. The lowest BCUT2D eigenvalue weighted by atomic mass is 10.0. The van der Waals surface area contributed by atoms with Crippen molar-refractivity contribution in [3.8, 4) is 44.8 Å². The van der Waals surface area contributed by atoms with E-state index in [0.29, 0.717) is 0 Å². The normalized spacial score (nSPS) is 11.8. The van der Waals surface area contributed by atoms with E-state index in [4.69, 9.17) is 4.42 Å². The second-order valence-corrected chi connectivity index (χ2v) is 13.8. The zero-order valence-corrected chi connectivity index (χ0v) is 28.8. The highest BCUT2D eigenvalue weighted by Gasteiger charge is 2.19. The molecule has 53 heavy (non-hydrogen) atoms. The molecule has 0 N–H and O–H groups in total. The molecule has 0 saturated carbocycles. The van der Waals surface area contributed by atoms with Crippen molar-refractivity contribution in [1.82, 2.24) is 9.13 Å². The van der Waals surface area contributed by atoms with E-state index in [1.54, 1.807) is 0 Å². The standard InChI is InChI=1S/C50H32N2O/c1-3-12-33(13-4-1)37-24-28-46-43(31-37)44-32-38(34-14-5-2-6-15-34)25-29-47(44)51(46)40-17-11-16-36(30-40)35-22-26-39(27-23-35)52-45-20-9-7-18-41(45)50-49(52)42-19-8-10-21-48(42)53-50/h1-32H. The second kappa shape index (κ2) is 11.7. The van der Waals surface area contributed by atoms with Crippen LogP contribution in [0.15, 0.2) is 199 Å². The molecule has 3 heteroatoms. The number of hydrogen-bond acceptors (Lipinski definition) is 1. The van der Waals surface area contributed by atoms with Crippen LogP contribution in [0.25, 0.3) is 99.5 Å². The Hall–Kier alpha value is -7.10. The van der Waals surface area contributed by atoms with Gasteiger partial charge < -0.3 is 13.6 Å². The number of fused-ring (bicyclic) bond motifs is 8.